The van der Waals surface area contributed by atoms with Crippen LogP contribution in [0.5, 0.6) is 0 Å². The molecule has 5 nitrogen and oxygen atoms in total. The SMILES string of the molecule is O=C(Nc1nc2ccccc2s1)[C@H]1CC(=O)N(c2ccc(Br)cc2)C1. The number of fused-ring (bicyclic) bond motifs is 1. The molecule has 1 aromatic heterocycles. The normalized spacial score (nSPS) is 17.2. The molecule has 1 aliphatic heterocycles. The van der Waals surface area contributed by atoms with Gasteiger partial charge in [0.1, 0.15) is 0 Å². The van der Waals surface area contributed by atoms with Gasteiger partial charge in [-0.2, -0.15) is 0 Å². The van der Waals surface area contributed by atoms with Crippen LogP contribution in [-0.4, -0.2) is 23.3 Å². The van der Waals surface area contributed by atoms with Gasteiger partial charge in [0.15, 0.2) is 5.13 Å². The monoisotopic (exact) mass is 415 g/mol. The highest BCUT2D eigenvalue weighted by Crippen LogP contribution is 2.29. The summed E-state index contributed by atoms with van der Waals surface area (Å²) in [4.78, 5) is 30.9. The van der Waals surface area contributed by atoms with Gasteiger partial charge in [0.2, 0.25) is 11.8 Å². The number of hydrogen-bond donors (Lipinski definition) is 1. The van der Waals surface area contributed by atoms with Gasteiger partial charge in [-0.1, -0.05) is 39.4 Å². The number of para-hydroxylation sites is 1. The fourth-order valence-corrected chi connectivity index (χ4v) is 4.02. The van der Waals surface area contributed by atoms with E-state index in [4.69, 9.17) is 0 Å². The Hall–Kier alpha value is -2.25. The molecule has 0 spiro atoms. The fraction of sp³-hybridized carbons (Fsp3) is 0.167. The van der Waals surface area contributed by atoms with Crippen molar-refractivity contribution in [3.63, 3.8) is 0 Å². The summed E-state index contributed by atoms with van der Waals surface area (Å²) in [5.41, 5.74) is 1.67. The second-order valence-electron chi connectivity index (χ2n) is 5.86. The highest BCUT2D eigenvalue weighted by Gasteiger charge is 2.35. The Morgan fingerprint density at radius 3 is 2.72 bits per heavy atom. The minimum absolute atomic E-state index is 0.0354. The molecule has 4 rings (SSSR count). The van der Waals surface area contributed by atoms with Gasteiger partial charge in [0, 0.05) is 23.1 Å². The zero-order valence-corrected chi connectivity index (χ0v) is 15.5. The number of nitrogens with one attached hydrogen (secondary N) is 1. The van der Waals surface area contributed by atoms with E-state index in [1.54, 1.807) is 4.90 Å². The zero-order valence-electron chi connectivity index (χ0n) is 13.1. The van der Waals surface area contributed by atoms with Gasteiger partial charge >= 0.3 is 0 Å². The molecular weight excluding hydrogens is 402 g/mol. The summed E-state index contributed by atoms with van der Waals surface area (Å²) in [5, 5.41) is 3.43. The summed E-state index contributed by atoms with van der Waals surface area (Å²) in [6.45, 7) is 0.386. The molecule has 126 valence electrons. The molecule has 0 saturated carbocycles. The minimum Gasteiger partial charge on any atom is -0.312 e. The third-order valence-corrected chi connectivity index (χ3v) is 5.64. The van der Waals surface area contributed by atoms with Crippen molar-refractivity contribution in [3.05, 3.63) is 53.0 Å². The Morgan fingerprint density at radius 1 is 1.20 bits per heavy atom. The predicted molar refractivity (Wildman–Crippen MR) is 103 cm³/mol. The van der Waals surface area contributed by atoms with Crippen LogP contribution in [0.25, 0.3) is 10.2 Å². The first kappa shape index (κ1) is 16.2. The second-order valence-corrected chi connectivity index (χ2v) is 7.80. The number of rotatable bonds is 3. The minimum atomic E-state index is -0.372. The lowest BCUT2D eigenvalue weighted by Crippen LogP contribution is -2.28. The van der Waals surface area contributed by atoms with Crippen LogP contribution in [-0.2, 0) is 9.59 Å². The lowest BCUT2D eigenvalue weighted by molar-refractivity contribution is -0.122. The molecule has 1 aliphatic rings. The molecule has 25 heavy (non-hydrogen) atoms. The van der Waals surface area contributed by atoms with Crippen molar-refractivity contribution < 1.29 is 9.59 Å². The first-order valence-electron chi connectivity index (χ1n) is 7.82. The summed E-state index contributed by atoms with van der Waals surface area (Å²) >= 11 is 4.82. The highest BCUT2D eigenvalue weighted by atomic mass is 79.9. The molecule has 0 radical (unpaired) electrons. The van der Waals surface area contributed by atoms with Gasteiger partial charge in [-0.15, -0.1) is 0 Å². The molecule has 2 amide bonds. The lowest BCUT2D eigenvalue weighted by atomic mass is 10.1. The van der Waals surface area contributed by atoms with Crippen LogP contribution in [0.4, 0.5) is 10.8 Å². The smallest absolute Gasteiger partial charge is 0.231 e. The molecule has 1 fully saturated rings. The van der Waals surface area contributed by atoms with Gasteiger partial charge in [-0.3, -0.25) is 9.59 Å². The van der Waals surface area contributed by atoms with E-state index in [-0.39, 0.29) is 24.2 Å². The van der Waals surface area contributed by atoms with E-state index in [0.717, 1.165) is 20.4 Å². The number of nitrogens with zero attached hydrogens (tertiary/aromatic N) is 2. The van der Waals surface area contributed by atoms with E-state index in [0.29, 0.717) is 11.7 Å². The van der Waals surface area contributed by atoms with Crippen LogP contribution in [0, 0.1) is 5.92 Å². The summed E-state index contributed by atoms with van der Waals surface area (Å²) < 4.78 is 1.98. The fourth-order valence-electron chi connectivity index (χ4n) is 2.89. The molecule has 1 N–H and O–H groups in total. The van der Waals surface area contributed by atoms with Gasteiger partial charge in [-0.25, -0.2) is 4.98 Å². The Kier molecular flexibility index (Phi) is 4.27. The molecule has 0 aliphatic carbocycles. The van der Waals surface area contributed by atoms with E-state index in [2.05, 4.69) is 26.2 Å². The van der Waals surface area contributed by atoms with Gasteiger partial charge < -0.3 is 10.2 Å². The van der Waals surface area contributed by atoms with Crippen molar-refractivity contribution in [3.8, 4) is 0 Å². The maximum atomic E-state index is 12.5. The van der Waals surface area contributed by atoms with Crippen molar-refractivity contribution in [2.75, 3.05) is 16.8 Å². The predicted octanol–water partition coefficient (Wildman–Crippen LogP) is 4.05. The number of anilines is 2. The average Bonchev–Trinajstić information content (AvgIpc) is 3.18. The van der Waals surface area contributed by atoms with Gasteiger partial charge in [0.25, 0.3) is 0 Å². The largest absolute Gasteiger partial charge is 0.312 e. The van der Waals surface area contributed by atoms with Crippen LogP contribution < -0.4 is 10.2 Å². The number of benzene rings is 2. The molecule has 7 heteroatoms. The van der Waals surface area contributed by atoms with Crippen LogP contribution in [0.3, 0.4) is 0 Å². The number of amides is 2. The van der Waals surface area contributed by atoms with Gasteiger partial charge in [0.05, 0.1) is 16.1 Å². The van der Waals surface area contributed by atoms with Crippen LogP contribution in [0.1, 0.15) is 6.42 Å². The Balaban J connectivity index is 1.47. The lowest BCUT2D eigenvalue weighted by Gasteiger charge is -2.16. The average molecular weight is 416 g/mol. The van der Waals surface area contributed by atoms with Crippen molar-refractivity contribution in [1.82, 2.24) is 4.98 Å². The van der Waals surface area contributed by atoms with Gasteiger partial charge in [-0.05, 0) is 36.4 Å². The number of carbonyl (C=O) groups excluding carboxylic acids is 2. The van der Waals surface area contributed by atoms with Crippen molar-refractivity contribution in [1.29, 1.82) is 0 Å². The number of hydrogen-bond acceptors (Lipinski definition) is 4. The molecule has 2 aromatic carbocycles. The molecule has 1 atom stereocenters. The van der Waals surface area contributed by atoms with E-state index >= 15 is 0 Å². The first-order chi connectivity index (χ1) is 12.1. The topological polar surface area (TPSA) is 62.3 Å². The van der Waals surface area contributed by atoms with Crippen molar-refractivity contribution >= 4 is 60.1 Å². The maximum absolute atomic E-state index is 12.5. The van der Waals surface area contributed by atoms with Crippen LogP contribution in [0.15, 0.2) is 53.0 Å². The summed E-state index contributed by atoms with van der Waals surface area (Å²) in [5.74, 6) is -0.568. The summed E-state index contributed by atoms with van der Waals surface area (Å²) in [6, 6.07) is 15.3. The second kappa shape index (κ2) is 6.57. The van der Waals surface area contributed by atoms with E-state index < -0.39 is 0 Å². The maximum Gasteiger partial charge on any atom is 0.231 e. The number of thiazole rings is 1. The molecule has 1 saturated heterocycles. The summed E-state index contributed by atoms with van der Waals surface area (Å²) in [7, 11) is 0. The van der Waals surface area contributed by atoms with Crippen molar-refractivity contribution in [2.45, 2.75) is 6.42 Å². The van der Waals surface area contributed by atoms with E-state index in [1.807, 2.05) is 48.5 Å². The quantitative estimate of drug-likeness (QED) is 0.701. The molecular formula is C18H14BrN3O2S. The Morgan fingerprint density at radius 2 is 1.96 bits per heavy atom. The molecule has 3 aromatic rings. The number of carbonyl (C=O) groups is 2. The standard InChI is InChI=1S/C18H14BrN3O2S/c19-12-5-7-13(8-6-12)22-10-11(9-16(22)23)17(24)21-18-20-14-3-1-2-4-15(14)25-18/h1-8,11H,9-10H2,(H,20,21,24)/t11-/m0/s1. The van der Waals surface area contributed by atoms with E-state index in [1.165, 1.54) is 11.3 Å². The molecule has 2 heterocycles. The van der Waals surface area contributed by atoms with E-state index in [9.17, 15) is 9.59 Å². The third-order valence-electron chi connectivity index (χ3n) is 4.16. The van der Waals surface area contributed by atoms with Crippen molar-refractivity contribution in [2.24, 2.45) is 5.92 Å². The third kappa shape index (κ3) is 3.29. The number of halogens is 1. The van der Waals surface area contributed by atoms with Crippen LogP contribution >= 0.6 is 27.3 Å². The Bertz CT molecular complexity index is 921. The molecule has 0 unspecified atom stereocenters. The molecule has 0 bridgehead atoms. The zero-order chi connectivity index (χ0) is 17.4. The first-order valence-corrected chi connectivity index (χ1v) is 9.43. The number of aromatic nitrogens is 1. The Labute approximate surface area is 156 Å². The van der Waals surface area contributed by atoms with Crippen LogP contribution in [0.2, 0.25) is 0 Å². The summed E-state index contributed by atoms with van der Waals surface area (Å²) in [6.07, 6.45) is 0.215. The highest BCUT2D eigenvalue weighted by molar-refractivity contribution is 9.10.